The molecule has 0 fully saturated rings. The molecule has 0 spiro atoms. The molecule has 1 aliphatic carbocycles. The van der Waals surface area contributed by atoms with Crippen LogP contribution in [0, 0.1) is 0 Å². The Morgan fingerprint density at radius 1 is 0.652 bits per heavy atom. The Hall–Kier alpha value is -6.26. The van der Waals surface area contributed by atoms with Crippen molar-refractivity contribution >= 4 is 115 Å². The number of H-pyrrole nitrogens is 1. The van der Waals surface area contributed by atoms with Crippen LogP contribution in [0.4, 0.5) is 29.0 Å². The third kappa shape index (κ3) is 10.1. The minimum absolute atomic E-state index is 0.0940. The second-order valence-corrected chi connectivity index (χ2v) is 21.1. The summed E-state index contributed by atoms with van der Waals surface area (Å²) in [5, 5.41) is 6.80. The van der Waals surface area contributed by atoms with Crippen LogP contribution < -0.4 is 21.5 Å². The van der Waals surface area contributed by atoms with Crippen molar-refractivity contribution in [2.45, 2.75) is 31.7 Å². The first-order valence-electron chi connectivity index (χ1n) is 17.7. The van der Waals surface area contributed by atoms with Crippen molar-refractivity contribution in [1.82, 2.24) is 19.9 Å². The SMILES string of the molecule is CCS(=O)(=O)O.CNc1nc(S)nc(Nc2cc(Nc3cc(S(=O)(=O)O)c4[nH]c(=O)c(C(=O)c5cccc(S(=O)(=O)O)c5)c5c4c3C(=O)c3ccccc3-5)c(S(=O)(=O)O)cc2S(=O)(=O)O)n1. The number of pyridine rings is 1. The maximum atomic E-state index is 14.5. The highest BCUT2D eigenvalue weighted by atomic mass is 32.2. The largest absolute Gasteiger partial charge is 0.357 e. The zero-order chi connectivity index (χ0) is 49.1. The Bertz CT molecular complexity index is 3730. The number of nitrogens with one attached hydrogen (secondary N) is 4. The van der Waals surface area contributed by atoms with Gasteiger partial charge in [-0.2, -0.15) is 57.0 Å². The van der Waals surface area contributed by atoms with Gasteiger partial charge in [0.25, 0.3) is 56.1 Å². The number of carbonyl (C=O) groups is 2. The van der Waals surface area contributed by atoms with Crippen molar-refractivity contribution in [3.8, 4) is 11.1 Å². The summed E-state index contributed by atoms with van der Waals surface area (Å²) in [6, 6.07) is 10.8. The van der Waals surface area contributed by atoms with Crippen molar-refractivity contribution in [1.29, 1.82) is 0 Å². The van der Waals surface area contributed by atoms with E-state index in [0.717, 1.165) is 24.3 Å². The lowest BCUT2D eigenvalue weighted by Gasteiger charge is -2.25. The predicted octanol–water partition coefficient (Wildman–Crippen LogP) is 2.85. The number of hydrogen-bond acceptors (Lipinski definition) is 20. The van der Waals surface area contributed by atoms with Gasteiger partial charge in [0, 0.05) is 29.1 Å². The van der Waals surface area contributed by atoms with E-state index < -0.39 is 143 Å². The van der Waals surface area contributed by atoms with Crippen LogP contribution in [0.2, 0.25) is 0 Å². The van der Waals surface area contributed by atoms with E-state index >= 15 is 0 Å². The number of ketones is 2. The molecular weight excluding hydrogens is 999 g/mol. The molecule has 4 aromatic carbocycles. The number of carbonyl (C=O) groups excluding carboxylic acids is 2. The van der Waals surface area contributed by atoms with E-state index in [0.29, 0.717) is 18.2 Å². The summed E-state index contributed by atoms with van der Waals surface area (Å²) in [5.74, 6) is -2.85. The van der Waals surface area contributed by atoms with Crippen LogP contribution in [0.3, 0.4) is 0 Å². The molecular formula is C35H29N7O18S6. The molecule has 9 N–H and O–H groups in total. The summed E-state index contributed by atoms with van der Waals surface area (Å²) < 4.78 is 168. The first kappa shape index (κ1) is 49.2. The van der Waals surface area contributed by atoms with E-state index in [-0.39, 0.29) is 28.0 Å². The first-order chi connectivity index (χ1) is 30.4. The van der Waals surface area contributed by atoms with Gasteiger partial charge in [0.2, 0.25) is 11.9 Å². The Labute approximate surface area is 377 Å². The normalized spacial score (nSPS) is 12.8. The zero-order valence-corrected chi connectivity index (χ0v) is 37.9. The topological polar surface area (TPSA) is 414 Å². The average molecular weight is 1030 g/mol. The Balaban J connectivity index is 0.00000112. The van der Waals surface area contributed by atoms with E-state index in [1.165, 1.54) is 38.2 Å². The molecule has 7 rings (SSSR count). The Morgan fingerprint density at radius 3 is 1.76 bits per heavy atom. The number of aromatic nitrogens is 4. The van der Waals surface area contributed by atoms with Crippen LogP contribution in [0.25, 0.3) is 22.0 Å². The van der Waals surface area contributed by atoms with Crippen molar-refractivity contribution < 1.29 is 74.4 Å². The molecule has 0 saturated carbocycles. The maximum Gasteiger partial charge on any atom is 0.296 e. The van der Waals surface area contributed by atoms with Gasteiger partial charge in [-0.3, -0.25) is 37.1 Å². The molecule has 2 aromatic heterocycles. The molecule has 25 nitrogen and oxygen atoms in total. The summed E-state index contributed by atoms with van der Waals surface area (Å²) in [5.41, 5.74) is -6.74. The molecule has 31 heteroatoms. The third-order valence-corrected chi connectivity index (χ3v) is 13.6. The Morgan fingerprint density at radius 2 is 1.21 bits per heavy atom. The Kier molecular flexibility index (Phi) is 13.1. The smallest absolute Gasteiger partial charge is 0.296 e. The van der Waals surface area contributed by atoms with E-state index in [9.17, 15) is 74.7 Å². The molecule has 0 saturated heterocycles. The van der Waals surface area contributed by atoms with Crippen LogP contribution in [0.15, 0.2) is 96.3 Å². The standard InChI is InChI=1S/C33H23N7O15S5.C2H6O3S/c1-34-31-38-32(40-33(56)39-31)36-18-10-17(20(58(47,48)49)12-21(18)59(50,51)52)35-19-11-22(60(53,54)55)27-25-23(15-7-2-3-8-16(15)29(42)24(19)25)26(30(43)37-27)28(41)13-5-4-6-14(9-13)57(44,45)46;1-2-6(3,4)5/h2-12,35H,1H3,(H,37,43)(H,44,45,46)(H,47,48,49)(H,50,51,52)(H,53,54,55)(H3,34,36,38,39,40,56);2H2,1H3,(H,3,4,5). The number of rotatable bonds is 12. The number of thiol groups is 1. The summed E-state index contributed by atoms with van der Waals surface area (Å²) in [6.45, 7) is 1.37. The molecule has 0 bridgehead atoms. The minimum atomic E-state index is -5.50. The van der Waals surface area contributed by atoms with Crippen LogP contribution in [-0.2, 0) is 50.6 Å². The maximum absolute atomic E-state index is 14.5. The zero-order valence-electron chi connectivity index (χ0n) is 32.9. The van der Waals surface area contributed by atoms with E-state index in [1.807, 2.05) is 0 Å². The van der Waals surface area contributed by atoms with E-state index in [1.54, 1.807) is 0 Å². The van der Waals surface area contributed by atoms with Crippen LogP contribution in [0.1, 0.15) is 38.8 Å². The molecule has 0 radical (unpaired) electrons. The fourth-order valence-corrected chi connectivity index (χ4v) is 9.21. The van der Waals surface area contributed by atoms with Crippen molar-refractivity contribution in [3.63, 3.8) is 0 Å². The molecule has 0 atom stereocenters. The predicted molar refractivity (Wildman–Crippen MR) is 234 cm³/mol. The van der Waals surface area contributed by atoms with E-state index in [4.69, 9.17) is 4.55 Å². The minimum Gasteiger partial charge on any atom is -0.357 e. The summed E-state index contributed by atoms with van der Waals surface area (Å²) in [4.78, 5) is 52.2. The quantitative estimate of drug-likeness (QED) is 0.0478. The first-order valence-corrected chi connectivity index (χ1v) is 25.5. The molecule has 348 valence electrons. The lowest BCUT2D eigenvalue weighted by atomic mass is 9.80. The fraction of sp³-hybridized carbons (Fsp3) is 0.0857. The number of aromatic amines is 1. The van der Waals surface area contributed by atoms with Crippen molar-refractivity contribution in [3.05, 3.63) is 99.3 Å². The molecule has 66 heavy (non-hydrogen) atoms. The highest BCUT2D eigenvalue weighted by Crippen LogP contribution is 2.46. The number of nitrogens with zero attached hydrogens (tertiary/aromatic N) is 3. The summed E-state index contributed by atoms with van der Waals surface area (Å²) in [6.07, 6.45) is 0. The van der Waals surface area contributed by atoms with Gasteiger partial charge in [-0.25, -0.2) is 0 Å². The molecule has 0 unspecified atom stereocenters. The van der Waals surface area contributed by atoms with Crippen LogP contribution >= 0.6 is 12.6 Å². The van der Waals surface area contributed by atoms with Gasteiger partial charge in [-0.1, -0.05) is 36.4 Å². The van der Waals surface area contributed by atoms with Crippen LogP contribution in [-0.4, -0.2) is 109 Å². The second kappa shape index (κ2) is 17.5. The van der Waals surface area contributed by atoms with Crippen molar-refractivity contribution in [2.75, 3.05) is 28.8 Å². The highest BCUT2D eigenvalue weighted by Gasteiger charge is 2.37. The number of anilines is 5. The molecule has 6 aromatic rings. The number of hydrogen-bond donors (Lipinski definition) is 10. The lowest BCUT2D eigenvalue weighted by molar-refractivity contribution is 0.102. The molecule has 0 amide bonds. The van der Waals surface area contributed by atoms with Gasteiger partial charge in [-0.15, -0.1) is 12.6 Å². The third-order valence-electron chi connectivity index (χ3n) is 9.19. The van der Waals surface area contributed by atoms with Gasteiger partial charge in [0.05, 0.1) is 44.4 Å². The van der Waals surface area contributed by atoms with Gasteiger partial charge in [0.15, 0.2) is 16.7 Å². The van der Waals surface area contributed by atoms with Gasteiger partial charge >= 0.3 is 0 Å². The number of fused-ring (bicyclic) bond motifs is 2. The monoisotopic (exact) mass is 1030 g/mol. The van der Waals surface area contributed by atoms with Crippen molar-refractivity contribution in [2.24, 2.45) is 0 Å². The van der Waals surface area contributed by atoms with Gasteiger partial charge in [-0.05, 0) is 42.8 Å². The second-order valence-electron chi connectivity index (χ2n) is 13.4. The average Bonchev–Trinajstić information content (AvgIpc) is 3.20. The molecule has 1 aliphatic rings. The molecule has 2 heterocycles. The van der Waals surface area contributed by atoms with E-state index in [2.05, 4.69) is 48.5 Å². The molecule has 0 aliphatic heterocycles. The fourth-order valence-electron chi connectivity index (χ4n) is 6.43. The van der Waals surface area contributed by atoms with Crippen LogP contribution in [0.5, 0.6) is 0 Å². The summed E-state index contributed by atoms with van der Waals surface area (Å²) >= 11 is 4.04. The van der Waals surface area contributed by atoms with Gasteiger partial charge in [0.1, 0.15) is 14.7 Å². The van der Waals surface area contributed by atoms with Gasteiger partial charge < -0.3 is 20.9 Å². The lowest BCUT2D eigenvalue weighted by Crippen LogP contribution is -2.25. The summed E-state index contributed by atoms with van der Waals surface area (Å²) in [7, 11) is -23.4. The highest BCUT2D eigenvalue weighted by molar-refractivity contribution is 7.87. The number of benzene rings is 4.